The van der Waals surface area contributed by atoms with Gasteiger partial charge in [-0.1, -0.05) is 20.8 Å². The lowest BCUT2D eigenvalue weighted by molar-refractivity contribution is 0.515. The van der Waals surface area contributed by atoms with E-state index in [9.17, 15) is 8.78 Å². The molecule has 2 aromatic rings. The second-order valence-electron chi connectivity index (χ2n) is 4.94. The highest BCUT2D eigenvalue weighted by Gasteiger charge is 2.14. The van der Waals surface area contributed by atoms with Gasteiger partial charge in [0.15, 0.2) is 11.6 Å². The molecule has 0 unspecified atom stereocenters. The van der Waals surface area contributed by atoms with Crippen LogP contribution >= 0.6 is 0 Å². The van der Waals surface area contributed by atoms with Crippen LogP contribution < -0.4 is 5.32 Å². The van der Waals surface area contributed by atoms with E-state index >= 15 is 0 Å². The van der Waals surface area contributed by atoms with Crippen molar-refractivity contribution >= 4 is 16.7 Å². The van der Waals surface area contributed by atoms with E-state index in [4.69, 9.17) is 0 Å². The molecule has 0 aliphatic carbocycles. The molecule has 1 heterocycles. The zero-order valence-electron chi connectivity index (χ0n) is 11.4. The highest BCUT2D eigenvalue weighted by molar-refractivity contribution is 5.82. The van der Waals surface area contributed by atoms with E-state index in [2.05, 4.69) is 24.1 Å². The minimum Gasteiger partial charge on any atom is -0.370 e. The number of rotatable bonds is 4. The van der Waals surface area contributed by atoms with Crippen LogP contribution in [0.4, 0.5) is 14.6 Å². The van der Waals surface area contributed by atoms with Gasteiger partial charge < -0.3 is 5.32 Å². The summed E-state index contributed by atoms with van der Waals surface area (Å²) in [5, 5.41) is 3.81. The van der Waals surface area contributed by atoms with Crippen molar-refractivity contribution < 1.29 is 8.78 Å². The quantitative estimate of drug-likeness (QED) is 0.882. The van der Waals surface area contributed by atoms with E-state index in [1.54, 1.807) is 6.07 Å². The van der Waals surface area contributed by atoms with Crippen LogP contribution in [0, 0.1) is 11.6 Å². The van der Waals surface area contributed by atoms with Gasteiger partial charge >= 0.3 is 0 Å². The molecule has 2 nitrogen and oxygen atoms in total. The monoisotopic (exact) mass is 264 g/mol. The first-order chi connectivity index (χ1) is 9.04. The van der Waals surface area contributed by atoms with Crippen LogP contribution in [0.25, 0.3) is 10.9 Å². The first-order valence-corrected chi connectivity index (χ1v) is 6.57. The molecule has 0 aliphatic heterocycles. The molecule has 0 saturated carbocycles. The number of hydrogen-bond donors (Lipinski definition) is 1. The molecule has 1 N–H and O–H groups in total. The first-order valence-electron chi connectivity index (χ1n) is 6.57. The zero-order chi connectivity index (χ0) is 14.0. The fraction of sp³-hybridized carbons (Fsp3) is 0.400. The standard InChI is InChI=1S/C15H18F2N2/c1-4-7-18-15-11(9(2)3)8-10-5-6-12(16)13(17)14(10)19-15/h5-6,8-9H,4,7H2,1-3H3,(H,18,19). The molecule has 2 rings (SSSR count). The minimum absolute atomic E-state index is 0.0861. The van der Waals surface area contributed by atoms with Gasteiger partial charge in [0, 0.05) is 11.9 Å². The fourth-order valence-corrected chi connectivity index (χ4v) is 2.02. The number of nitrogens with one attached hydrogen (secondary N) is 1. The number of aromatic nitrogens is 1. The maximum Gasteiger partial charge on any atom is 0.185 e. The van der Waals surface area contributed by atoms with Crippen molar-refractivity contribution in [3.05, 3.63) is 35.4 Å². The predicted molar refractivity (Wildman–Crippen MR) is 74.5 cm³/mol. The van der Waals surface area contributed by atoms with Crippen molar-refractivity contribution in [1.29, 1.82) is 0 Å². The predicted octanol–water partition coefficient (Wildman–Crippen LogP) is 4.46. The number of halogens is 2. The number of fused-ring (bicyclic) bond motifs is 1. The van der Waals surface area contributed by atoms with Crippen LogP contribution in [0.1, 0.15) is 38.7 Å². The number of nitrogens with zero attached hydrogens (tertiary/aromatic N) is 1. The first kappa shape index (κ1) is 13.7. The van der Waals surface area contributed by atoms with Gasteiger partial charge in [0.2, 0.25) is 0 Å². The molecule has 102 valence electrons. The lowest BCUT2D eigenvalue weighted by Gasteiger charge is -2.15. The summed E-state index contributed by atoms with van der Waals surface area (Å²) in [6.45, 7) is 6.91. The topological polar surface area (TPSA) is 24.9 Å². The van der Waals surface area contributed by atoms with Crippen LogP contribution in [0.15, 0.2) is 18.2 Å². The Kier molecular flexibility index (Phi) is 3.98. The number of pyridine rings is 1. The van der Waals surface area contributed by atoms with Crippen LogP contribution in [0.5, 0.6) is 0 Å². The molecule has 0 saturated heterocycles. The van der Waals surface area contributed by atoms with Gasteiger partial charge in [-0.15, -0.1) is 0 Å². The Hall–Kier alpha value is -1.71. The van der Waals surface area contributed by atoms with Gasteiger partial charge in [0.25, 0.3) is 0 Å². The van der Waals surface area contributed by atoms with Crippen molar-refractivity contribution in [2.45, 2.75) is 33.1 Å². The third-order valence-corrected chi connectivity index (χ3v) is 3.07. The summed E-state index contributed by atoms with van der Waals surface area (Å²) in [5.74, 6) is -0.829. The van der Waals surface area contributed by atoms with Crippen molar-refractivity contribution in [3.63, 3.8) is 0 Å². The summed E-state index contributed by atoms with van der Waals surface area (Å²) in [5.41, 5.74) is 1.11. The molecule has 0 spiro atoms. The van der Waals surface area contributed by atoms with Crippen molar-refractivity contribution in [2.24, 2.45) is 0 Å². The minimum atomic E-state index is -0.882. The molecule has 0 fully saturated rings. The maximum absolute atomic E-state index is 13.8. The third-order valence-electron chi connectivity index (χ3n) is 3.07. The second-order valence-corrected chi connectivity index (χ2v) is 4.94. The molecule has 0 bridgehead atoms. The largest absolute Gasteiger partial charge is 0.370 e. The summed E-state index contributed by atoms with van der Waals surface area (Å²) in [6, 6.07) is 4.59. The SMILES string of the molecule is CCCNc1nc2c(F)c(F)ccc2cc1C(C)C. The summed E-state index contributed by atoms with van der Waals surface area (Å²) in [7, 11) is 0. The van der Waals surface area contributed by atoms with Gasteiger partial charge in [-0.05, 0) is 36.1 Å². The van der Waals surface area contributed by atoms with E-state index in [-0.39, 0.29) is 11.4 Å². The molecule has 0 radical (unpaired) electrons. The molecule has 0 amide bonds. The lowest BCUT2D eigenvalue weighted by atomic mass is 10.0. The molecule has 1 aromatic heterocycles. The molecular weight excluding hydrogens is 246 g/mol. The number of hydrogen-bond acceptors (Lipinski definition) is 2. The Bertz CT molecular complexity index is 594. The van der Waals surface area contributed by atoms with Gasteiger partial charge in [0.05, 0.1) is 0 Å². The highest BCUT2D eigenvalue weighted by atomic mass is 19.2. The van der Waals surface area contributed by atoms with Crippen molar-refractivity contribution in [3.8, 4) is 0 Å². The molecule has 4 heteroatoms. The Balaban J connectivity index is 2.62. The Morgan fingerprint density at radius 2 is 2.00 bits per heavy atom. The average Bonchev–Trinajstić information content (AvgIpc) is 2.40. The fourth-order valence-electron chi connectivity index (χ4n) is 2.02. The number of benzene rings is 1. The van der Waals surface area contributed by atoms with Crippen LogP contribution in [-0.4, -0.2) is 11.5 Å². The molecular formula is C15H18F2N2. The van der Waals surface area contributed by atoms with Gasteiger partial charge in [0.1, 0.15) is 11.3 Å². The van der Waals surface area contributed by atoms with Crippen molar-refractivity contribution in [1.82, 2.24) is 4.98 Å². The van der Waals surface area contributed by atoms with Crippen LogP contribution in [0.3, 0.4) is 0 Å². The molecule has 0 aliphatic rings. The van der Waals surface area contributed by atoms with E-state index in [0.717, 1.165) is 24.6 Å². The lowest BCUT2D eigenvalue weighted by Crippen LogP contribution is -2.07. The summed E-state index contributed by atoms with van der Waals surface area (Å²) < 4.78 is 27.0. The van der Waals surface area contributed by atoms with E-state index in [1.807, 2.05) is 13.0 Å². The normalized spacial score (nSPS) is 11.3. The summed E-state index contributed by atoms with van der Waals surface area (Å²) in [4.78, 5) is 4.27. The Morgan fingerprint density at radius 3 is 2.63 bits per heavy atom. The van der Waals surface area contributed by atoms with E-state index < -0.39 is 11.6 Å². The third kappa shape index (κ3) is 2.67. The smallest absolute Gasteiger partial charge is 0.185 e. The molecule has 1 aromatic carbocycles. The van der Waals surface area contributed by atoms with E-state index in [1.165, 1.54) is 0 Å². The summed E-state index contributed by atoms with van der Waals surface area (Å²) >= 11 is 0. The van der Waals surface area contributed by atoms with E-state index in [0.29, 0.717) is 11.2 Å². The Morgan fingerprint density at radius 1 is 1.26 bits per heavy atom. The summed E-state index contributed by atoms with van der Waals surface area (Å²) in [6.07, 6.45) is 0.947. The van der Waals surface area contributed by atoms with Crippen LogP contribution in [0.2, 0.25) is 0 Å². The zero-order valence-corrected chi connectivity index (χ0v) is 11.4. The molecule has 0 atom stereocenters. The van der Waals surface area contributed by atoms with Gasteiger partial charge in [-0.25, -0.2) is 13.8 Å². The average molecular weight is 264 g/mol. The van der Waals surface area contributed by atoms with Gasteiger partial charge in [-0.2, -0.15) is 0 Å². The number of anilines is 1. The van der Waals surface area contributed by atoms with Crippen molar-refractivity contribution in [2.75, 3.05) is 11.9 Å². The highest BCUT2D eigenvalue weighted by Crippen LogP contribution is 2.28. The maximum atomic E-state index is 13.8. The van der Waals surface area contributed by atoms with Crippen LogP contribution in [-0.2, 0) is 0 Å². The second kappa shape index (κ2) is 5.51. The van der Waals surface area contributed by atoms with Gasteiger partial charge in [-0.3, -0.25) is 0 Å². The molecule has 19 heavy (non-hydrogen) atoms. The Labute approximate surface area is 111 Å².